The zero-order valence-corrected chi connectivity index (χ0v) is 10.8. The third kappa shape index (κ3) is 2.65. The van der Waals surface area contributed by atoms with Crippen LogP contribution in [0.5, 0.6) is 11.6 Å². The summed E-state index contributed by atoms with van der Waals surface area (Å²) in [5, 5.41) is 9.24. The van der Waals surface area contributed by atoms with Crippen molar-refractivity contribution in [1.29, 1.82) is 0 Å². The number of nitrogens with zero attached hydrogens (tertiary/aromatic N) is 2. The van der Waals surface area contributed by atoms with Crippen LogP contribution in [0.25, 0.3) is 0 Å². The summed E-state index contributed by atoms with van der Waals surface area (Å²) in [7, 11) is 0. The molecule has 0 bridgehead atoms. The fourth-order valence-electron chi connectivity index (χ4n) is 1.69. The van der Waals surface area contributed by atoms with E-state index < -0.39 is 0 Å². The lowest BCUT2D eigenvalue weighted by atomic mass is 10.1. The van der Waals surface area contributed by atoms with Crippen LogP contribution >= 0.6 is 0 Å². The molecule has 0 aliphatic rings. The maximum Gasteiger partial charge on any atom is 0.228 e. The highest BCUT2D eigenvalue weighted by atomic mass is 16.5. The van der Waals surface area contributed by atoms with E-state index in [4.69, 9.17) is 4.74 Å². The van der Waals surface area contributed by atoms with Crippen LogP contribution in [-0.2, 0) is 6.61 Å². The fraction of sp³-hybridized carbons (Fsp3) is 0.286. The quantitative estimate of drug-likeness (QED) is 0.901. The number of benzene rings is 1. The minimum Gasteiger partial charge on any atom is -0.438 e. The zero-order valence-electron chi connectivity index (χ0n) is 10.8. The average molecular weight is 244 g/mol. The maximum atomic E-state index is 9.24. The molecule has 0 saturated heterocycles. The molecule has 2 rings (SSSR count). The molecule has 2 aromatic rings. The molecule has 0 spiro atoms. The Labute approximate surface area is 106 Å². The Balaban J connectivity index is 2.36. The van der Waals surface area contributed by atoms with Gasteiger partial charge in [-0.25, -0.2) is 4.98 Å². The Morgan fingerprint density at radius 3 is 2.67 bits per heavy atom. The molecule has 4 nitrogen and oxygen atoms in total. The first-order chi connectivity index (χ1) is 8.60. The first-order valence-corrected chi connectivity index (χ1v) is 5.78. The number of hydrogen-bond donors (Lipinski definition) is 1. The number of aliphatic hydroxyl groups excluding tert-OH is 1. The molecule has 1 aromatic heterocycles. The summed E-state index contributed by atoms with van der Waals surface area (Å²) in [6, 6.07) is 5.93. The van der Waals surface area contributed by atoms with Gasteiger partial charge in [0.2, 0.25) is 5.88 Å². The van der Waals surface area contributed by atoms with Gasteiger partial charge in [-0.1, -0.05) is 17.7 Å². The maximum absolute atomic E-state index is 9.24. The number of aryl methyl sites for hydroxylation is 3. The van der Waals surface area contributed by atoms with E-state index in [1.54, 1.807) is 13.1 Å². The van der Waals surface area contributed by atoms with Crippen molar-refractivity contribution in [2.75, 3.05) is 0 Å². The second-order valence-corrected chi connectivity index (χ2v) is 4.28. The Bertz CT molecular complexity index is 568. The van der Waals surface area contributed by atoms with E-state index in [-0.39, 0.29) is 6.61 Å². The number of hydrogen-bond acceptors (Lipinski definition) is 4. The van der Waals surface area contributed by atoms with Crippen LogP contribution in [0, 0.1) is 20.8 Å². The third-order valence-electron chi connectivity index (χ3n) is 2.65. The molecule has 94 valence electrons. The van der Waals surface area contributed by atoms with E-state index in [1.807, 2.05) is 32.0 Å². The lowest BCUT2D eigenvalue weighted by molar-refractivity contribution is 0.274. The molecule has 1 heterocycles. The van der Waals surface area contributed by atoms with E-state index in [0.717, 1.165) is 11.3 Å². The van der Waals surface area contributed by atoms with Crippen molar-refractivity contribution >= 4 is 0 Å². The largest absolute Gasteiger partial charge is 0.438 e. The first-order valence-electron chi connectivity index (χ1n) is 5.78. The van der Waals surface area contributed by atoms with E-state index in [1.165, 1.54) is 5.56 Å². The summed E-state index contributed by atoms with van der Waals surface area (Å²) in [5.41, 5.74) is 2.80. The van der Waals surface area contributed by atoms with Gasteiger partial charge in [0.15, 0.2) is 0 Å². The minimum absolute atomic E-state index is 0.138. The first kappa shape index (κ1) is 12.5. The van der Waals surface area contributed by atoms with Crippen LogP contribution in [0.4, 0.5) is 0 Å². The van der Waals surface area contributed by atoms with Gasteiger partial charge in [-0.2, -0.15) is 4.98 Å². The topological polar surface area (TPSA) is 55.2 Å². The molecule has 0 fully saturated rings. The molecule has 1 N–H and O–H groups in total. The highest BCUT2D eigenvalue weighted by Crippen LogP contribution is 2.26. The molecule has 0 saturated carbocycles. The summed E-state index contributed by atoms with van der Waals surface area (Å²) in [6.07, 6.45) is 1.58. The summed E-state index contributed by atoms with van der Waals surface area (Å²) in [4.78, 5) is 8.25. The van der Waals surface area contributed by atoms with Crippen LogP contribution < -0.4 is 4.74 Å². The monoisotopic (exact) mass is 244 g/mol. The van der Waals surface area contributed by atoms with Crippen molar-refractivity contribution in [3.8, 4) is 11.6 Å². The van der Waals surface area contributed by atoms with Crippen LogP contribution in [0.1, 0.15) is 22.5 Å². The molecule has 0 aliphatic heterocycles. The van der Waals surface area contributed by atoms with Crippen molar-refractivity contribution in [3.63, 3.8) is 0 Å². The molecule has 1 aromatic carbocycles. The van der Waals surface area contributed by atoms with Crippen LogP contribution in [-0.4, -0.2) is 15.1 Å². The number of aliphatic hydroxyl groups is 1. The van der Waals surface area contributed by atoms with E-state index >= 15 is 0 Å². The molecule has 0 amide bonds. The predicted octanol–water partition coefficient (Wildman–Crippen LogP) is 2.69. The zero-order chi connectivity index (χ0) is 13.1. The molecule has 0 radical (unpaired) electrons. The SMILES string of the molecule is Cc1ccc(Oc2nc(C)ncc2CO)c(C)c1. The predicted molar refractivity (Wildman–Crippen MR) is 68.7 cm³/mol. The minimum atomic E-state index is -0.138. The van der Waals surface area contributed by atoms with Gasteiger partial charge in [0.1, 0.15) is 11.6 Å². The van der Waals surface area contributed by atoms with Gasteiger partial charge in [0.25, 0.3) is 0 Å². The van der Waals surface area contributed by atoms with Gasteiger partial charge in [0, 0.05) is 6.20 Å². The molecular formula is C14H16N2O2. The number of rotatable bonds is 3. The normalized spacial score (nSPS) is 10.4. The summed E-state index contributed by atoms with van der Waals surface area (Å²) < 4.78 is 5.76. The molecule has 4 heteroatoms. The summed E-state index contributed by atoms with van der Waals surface area (Å²) in [6.45, 7) is 5.66. The van der Waals surface area contributed by atoms with Gasteiger partial charge in [-0.15, -0.1) is 0 Å². The van der Waals surface area contributed by atoms with Crippen LogP contribution in [0.15, 0.2) is 24.4 Å². The lowest BCUT2D eigenvalue weighted by Gasteiger charge is -2.11. The Morgan fingerprint density at radius 2 is 2.00 bits per heavy atom. The highest BCUT2D eigenvalue weighted by molar-refractivity contribution is 5.39. The number of aromatic nitrogens is 2. The van der Waals surface area contributed by atoms with Crippen LogP contribution in [0.2, 0.25) is 0 Å². The van der Waals surface area contributed by atoms with Crippen molar-refractivity contribution in [1.82, 2.24) is 9.97 Å². The van der Waals surface area contributed by atoms with Crippen molar-refractivity contribution in [2.45, 2.75) is 27.4 Å². The van der Waals surface area contributed by atoms with E-state index in [2.05, 4.69) is 9.97 Å². The molecule has 0 atom stereocenters. The molecular weight excluding hydrogens is 228 g/mol. The summed E-state index contributed by atoms with van der Waals surface area (Å²) >= 11 is 0. The van der Waals surface area contributed by atoms with Gasteiger partial charge < -0.3 is 9.84 Å². The second kappa shape index (κ2) is 5.14. The van der Waals surface area contributed by atoms with Gasteiger partial charge in [0.05, 0.1) is 12.2 Å². The molecule has 0 aliphatic carbocycles. The van der Waals surface area contributed by atoms with Gasteiger partial charge in [-0.05, 0) is 32.4 Å². The van der Waals surface area contributed by atoms with Gasteiger partial charge >= 0.3 is 0 Å². The average Bonchev–Trinajstić information content (AvgIpc) is 2.33. The van der Waals surface area contributed by atoms with Crippen molar-refractivity contribution < 1.29 is 9.84 Å². The summed E-state index contributed by atoms with van der Waals surface area (Å²) in [5.74, 6) is 1.78. The highest BCUT2D eigenvalue weighted by Gasteiger charge is 2.09. The Morgan fingerprint density at radius 1 is 1.22 bits per heavy atom. The Hall–Kier alpha value is -1.94. The fourth-order valence-corrected chi connectivity index (χ4v) is 1.69. The lowest BCUT2D eigenvalue weighted by Crippen LogP contribution is -1.99. The number of ether oxygens (including phenoxy) is 1. The standard InChI is InChI=1S/C14H16N2O2/c1-9-4-5-13(10(2)6-9)18-14-12(8-17)7-15-11(3)16-14/h4-7,17H,8H2,1-3H3. The van der Waals surface area contributed by atoms with E-state index in [0.29, 0.717) is 17.3 Å². The Kier molecular flexibility index (Phi) is 3.58. The van der Waals surface area contributed by atoms with Crippen molar-refractivity contribution in [3.05, 3.63) is 46.9 Å². The molecule has 18 heavy (non-hydrogen) atoms. The molecule has 0 unspecified atom stereocenters. The smallest absolute Gasteiger partial charge is 0.228 e. The van der Waals surface area contributed by atoms with Gasteiger partial charge in [-0.3, -0.25) is 0 Å². The van der Waals surface area contributed by atoms with Crippen LogP contribution in [0.3, 0.4) is 0 Å². The second-order valence-electron chi connectivity index (χ2n) is 4.28. The van der Waals surface area contributed by atoms with E-state index in [9.17, 15) is 5.11 Å². The van der Waals surface area contributed by atoms with Crippen molar-refractivity contribution in [2.24, 2.45) is 0 Å². The third-order valence-corrected chi connectivity index (χ3v) is 2.65.